The van der Waals surface area contributed by atoms with Crippen molar-refractivity contribution in [3.8, 4) is 11.5 Å². The van der Waals surface area contributed by atoms with E-state index in [0.717, 1.165) is 16.4 Å². The van der Waals surface area contributed by atoms with Crippen molar-refractivity contribution in [2.75, 3.05) is 0 Å². The van der Waals surface area contributed by atoms with Crippen LogP contribution in [0.25, 0.3) is 0 Å². The van der Waals surface area contributed by atoms with E-state index in [9.17, 15) is 0 Å². The molecule has 70 valence electrons. The molecule has 1 nitrogen and oxygen atoms in total. The second-order valence-electron chi connectivity index (χ2n) is 2.89. The summed E-state index contributed by atoms with van der Waals surface area (Å²) in [4.78, 5) is 0.824. The van der Waals surface area contributed by atoms with Crippen molar-refractivity contribution in [1.29, 1.82) is 0 Å². The van der Waals surface area contributed by atoms with E-state index in [0.29, 0.717) is 0 Å². The van der Waals surface area contributed by atoms with Gasteiger partial charge in [-0.1, -0.05) is 30.3 Å². The summed E-state index contributed by atoms with van der Waals surface area (Å²) in [6.45, 7) is 0. The van der Waals surface area contributed by atoms with Crippen molar-refractivity contribution in [2.45, 2.75) is 4.90 Å². The van der Waals surface area contributed by atoms with E-state index < -0.39 is 0 Å². The summed E-state index contributed by atoms with van der Waals surface area (Å²) in [6, 6.07) is 17.1. The standard InChI is InChI=1S/C12H10OS.Cs/c14-12-8-6-11(7-9-12)13-10-4-2-1-3-5-10;/h1-9,14H;/q;+1/p-1. The normalized spacial score (nSPS) is 9.07. The van der Waals surface area contributed by atoms with Crippen LogP contribution in [0.15, 0.2) is 59.5 Å². The first-order valence-corrected chi connectivity index (χ1v) is 4.75. The van der Waals surface area contributed by atoms with Crippen molar-refractivity contribution in [2.24, 2.45) is 0 Å². The largest absolute Gasteiger partial charge is 1.00 e. The molecule has 0 amide bonds. The van der Waals surface area contributed by atoms with E-state index in [1.54, 1.807) is 0 Å². The molecule has 0 bridgehead atoms. The van der Waals surface area contributed by atoms with Crippen LogP contribution in [0.3, 0.4) is 0 Å². The molecule has 0 aliphatic heterocycles. The van der Waals surface area contributed by atoms with E-state index in [2.05, 4.69) is 0 Å². The zero-order chi connectivity index (χ0) is 9.80. The predicted octanol–water partition coefficient (Wildman–Crippen LogP) is 0.389. The number of hydrogen-bond acceptors (Lipinski definition) is 2. The molecule has 0 aliphatic carbocycles. The Bertz CT molecular complexity index is 400. The molecule has 3 heteroatoms. The molecule has 0 atom stereocenters. The van der Waals surface area contributed by atoms with Gasteiger partial charge in [-0.25, -0.2) is 0 Å². The first kappa shape index (κ1) is 13.6. The minimum absolute atomic E-state index is 0. The zero-order valence-corrected chi connectivity index (χ0v) is 15.6. The maximum absolute atomic E-state index is 5.59. The SMILES string of the molecule is [Cs+].[S-]c1ccc(Oc2ccccc2)cc1. The number of para-hydroxylation sites is 1. The monoisotopic (exact) mass is 334 g/mol. The van der Waals surface area contributed by atoms with Gasteiger partial charge in [0.2, 0.25) is 0 Å². The quantitative estimate of drug-likeness (QED) is 0.735. The Balaban J connectivity index is 0.00000112. The van der Waals surface area contributed by atoms with Gasteiger partial charge in [-0.3, -0.25) is 0 Å². The van der Waals surface area contributed by atoms with E-state index in [-0.39, 0.29) is 68.9 Å². The first-order valence-electron chi connectivity index (χ1n) is 4.34. The molecule has 2 aromatic carbocycles. The van der Waals surface area contributed by atoms with Crippen LogP contribution in [-0.4, -0.2) is 0 Å². The number of benzene rings is 2. The van der Waals surface area contributed by atoms with Crippen molar-refractivity contribution in [3.05, 3.63) is 54.6 Å². The molecule has 0 saturated carbocycles. The first-order chi connectivity index (χ1) is 6.84. The van der Waals surface area contributed by atoms with Crippen molar-refractivity contribution in [1.82, 2.24) is 0 Å². The summed E-state index contributed by atoms with van der Waals surface area (Å²) in [5, 5.41) is 0. The van der Waals surface area contributed by atoms with Crippen LogP contribution in [0.4, 0.5) is 0 Å². The van der Waals surface area contributed by atoms with Gasteiger partial charge in [0, 0.05) is 0 Å². The zero-order valence-electron chi connectivity index (χ0n) is 8.51. The summed E-state index contributed by atoms with van der Waals surface area (Å²) in [5.41, 5.74) is 0. The third kappa shape index (κ3) is 4.48. The van der Waals surface area contributed by atoms with E-state index >= 15 is 0 Å². The average molecular weight is 334 g/mol. The minimum atomic E-state index is 0. The van der Waals surface area contributed by atoms with Gasteiger partial charge in [-0.05, 0) is 24.3 Å². The van der Waals surface area contributed by atoms with Crippen molar-refractivity contribution >= 4 is 12.6 Å². The van der Waals surface area contributed by atoms with Crippen LogP contribution >= 0.6 is 0 Å². The molecule has 2 rings (SSSR count). The molecule has 0 fully saturated rings. The molecule has 0 unspecified atom stereocenters. The predicted molar refractivity (Wildman–Crippen MR) is 58.6 cm³/mol. The number of rotatable bonds is 2. The molecular weight excluding hydrogens is 325 g/mol. The topological polar surface area (TPSA) is 9.23 Å². The van der Waals surface area contributed by atoms with Gasteiger partial charge in [0.15, 0.2) is 0 Å². The summed E-state index contributed by atoms with van der Waals surface area (Å²) >= 11 is 4.98. The van der Waals surface area contributed by atoms with Gasteiger partial charge in [-0.2, -0.15) is 4.90 Å². The Hall–Kier alpha value is 0.512. The Morgan fingerprint density at radius 3 is 1.87 bits per heavy atom. The molecule has 15 heavy (non-hydrogen) atoms. The van der Waals surface area contributed by atoms with E-state index in [1.165, 1.54) is 0 Å². The van der Waals surface area contributed by atoms with Crippen LogP contribution in [0, 0.1) is 0 Å². The second-order valence-corrected chi connectivity index (χ2v) is 3.36. The molecule has 2 aromatic rings. The Morgan fingerprint density at radius 2 is 1.27 bits per heavy atom. The third-order valence-electron chi connectivity index (χ3n) is 1.80. The maximum atomic E-state index is 5.59. The molecule has 0 heterocycles. The van der Waals surface area contributed by atoms with Gasteiger partial charge in [-0.15, -0.1) is 0 Å². The van der Waals surface area contributed by atoms with Gasteiger partial charge in [0.1, 0.15) is 11.5 Å². The van der Waals surface area contributed by atoms with Crippen LogP contribution in [0.5, 0.6) is 11.5 Å². The number of hydrogen-bond donors (Lipinski definition) is 0. The summed E-state index contributed by atoms with van der Waals surface area (Å²) in [5.74, 6) is 1.65. The van der Waals surface area contributed by atoms with Crippen LogP contribution in [0.1, 0.15) is 0 Å². The molecule has 0 radical (unpaired) electrons. The fourth-order valence-corrected chi connectivity index (χ4v) is 1.27. The Morgan fingerprint density at radius 1 is 0.733 bits per heavy atom. The van der Waals surface area contributed by atoms with Gasteiger partial charge in [0.05, 0.1) is 0 Å². The van der Waals surface area contributed by atoms with Crippen LogP contribution < -0.4 is 73.6 Å². The van der Waals surface area contributed by atoms with Crippen molar-refractivity contribution in [3.63, 3.8) is 0 Å². The van der Waals surface area contributed by atoms with Crippen molar-refractivity contribution < 1.29 is 73.6 Å². The third-order valence-corrected chi connectivity index (χ3v) is 2.07. The molecule has 0 aliphatic rings. The van der Waals surface area contributed by atoms with E-state index in [1.807, 2.05) is 54.6 Å². The average Bonchev–Trinajstić information content (AvgIpc) is 2.23. The number of ether oxygens (including phenoxy) is 1. The Kier molecular flexibility index (Phi) is 6.30. The summed E-state index contributed by atoms with van der Waals surface area (Å²) in [6.07, 6.45) is 0. The van der Waals surface area contributed by atoms with Crippen LogP contribution in [-0.2, 0) is 12.6 Å². The molecule has 0 spiro atoms. The van der Waals surface area contributed by atoms with Gasteiger partial charge < -0.3 is 17.4 Å². The van der Waals surface area contributed by atoms with Gasteiger partial charge >= 0.3 is 68.9 Å². The Labute approximate surface area is 154 Å². The smallest absolute Gasteiger partial charge is 0.780 e. The molecule has 0 N–H and O–H groups in total. The fourth-order valence-electron chi connectivity index (χ4n) is 1.13. The van der Waals surface area contributed by atoms with Crippen LogP contribution in [0.2, 0.25) is 0 Å². The molecule has 0 saturated heterocycles. The van der Waals surface area contributed by atoms with Gasteiger partial charge in [0.25, 0.3) is 0 Å². The minimum Gasteiger partial charge on any atom is -0.780 e. The fraction of sp³-hybridized carbons (Fsp3) is 0. The second kappa shape index (κ2) is 6.96. The maximum Gasteiger partial charge on any atom is 1.00 e. The summed E-state index contributed by atoms with van der Waals surface area (Å²) in [7, 11) is 0. The molecule has 0 aromatic heterocycles. The van der Waals surface area contributed by atoms with E-state index in [4.69, 9.17) is 17.4 Å². The molecular formula is C12H9CsOS. The summed E-state index contributed by atoms with van der Waals surface area (Å²) < 4.78 is 5.59.